The summed E-state index contributed by atoms with van der Waals surface area (Å²) in [5.74, 6) is 0.0644. The van der Waals surface area contributed by atoms with Crippen molar-refractivity contribution in [3.63, 3.8) is 0 Å². The maximum atomic E-state index is 12.2. The van der Waals surface area contributed by atoms with Gasteiger partial charge < -0.3 is 0 Å². The first-order chi connectivity index (χ1) is 8.48. The highest BCUT2D eigenvalue weighted by Gasteiger charge is 2.16. The highest BCUT2D eigenvalue weighted by molar-refractivity contribution is 9.09. The van der Waals surface area contributed by atoms with Crippen LogP contribution < -0.4 is 0 Å². The van der Waals surface area contributed by atoms with E-state index in [1.807, 2.05) is 54.6 Å². The highest BCUT2D eigenvalue weighted by Crippen LogP contribution is 2.29. The third-order valence-electron chi connectivity index (χ3n) is 2.87. The Labute approximate surface area is 116 Å². The van der Waals surface area contributed by atoms with Crippen LogP contribution in [0, 0.1) is 0 Å². The number of ketones is 1. The van der Waals surface area contributed by atoms with E-state index in [9.17, 15) is 4.79 Å². The standard InChI is InChI=1S/C16H15BrO/c1-16(2,17)14-10-8-13(9-11-14)15(18)12-6-4-3-5-7-12/h3-11H,1-2H3. The molecule has 0 aliphatic carbocycles. The molecule has 1 nitrogen and oxygen atoms in total. The van der Waals surface area contributed by atoms with Crippen LogP contribution in [-0.4, -0.2) is 5.78 Å². The van der Waals surface area contributed by atoms with E-state index >= 15 is 0 Å². The molecule has 18 heavy (non-hydrogen) atoms. The SMILES string of the molecule is CC(C)(Br)c1ccc(C(=O)c2ccccc2)cc1. The number of hydrogen-bond donors (Lipinski definition) is 0. The molecule has 0 aliphatic heterocycles. The second-order valence-corrected chi connectivity index (χ2v) is 6.73. The fourth-order valence-corrected chi connectivity index (χ4v) is 2.04. The molecule has 0 saturated heterocycles. The van der Waals surface area contributed by atoms with Gasteiger partial charge in [-0.1, -0.05) is 70.5 Å². The number of hydrogen-bond acceptors (Lipinski definition) is 1. The van der Waals surface area contributed by atoms with Gasteiger partial charge in [-0.2, -0.15) is 0 Å². The Morgan fingerprint density at radius 3 is 1.89 bits per heavy atom. The Balaban J connectivity index is 2.28. The first kappa shape index (κ1) is 13.0. The van der Waals surface area contributed by atoms with E-state index in [1.165, 1.54) is 0 Å². The van der Waals surface area contributed by atoms with Gasteiger partial charge in [-0.3, -0.25) is 4.79 Å². The maximum absolute atomic E-state index is 12.2. The summed E-state index contributed by atoms with van der Waals surface area (Å²) in [6.45, 7) is 4.17. The topological polar surface area (TPSA) is 17.1 Å². The maximum Gasteiger partial charge on any atom is 0.193 e. The Hall–Kier alpha value is -1.41. The quantitative estimate of drug-likeness (QED) is 0.600. The Bertz CT molecular complexity index is 536. The van der Waals surface area contributed by atoms with E-state index in [4.69, 9.17) is 0 Å². The predicted molar refractivity (Wildman–Crippen MR) is 78.3 cm³/mol. The molecule has 0 aliphatic rings. The average molecular weight is 303 g/mol. The molecule has 0 amide bonds. The van der Waals surface area contributed by atoms with Crippen LogP contribution in [0.2, 0.25) is 0 Å². The molecule has 0 unspecified atom stereocenters. The number of alkyl halides is 1. The fourth-order valence-electron chi connectivity index (χ4n) is 1.77. The lowest BCUT2D eigenvalue weighted by molar-refractivity contribution is 0.103. The lowest BCUT2D eigenvalue weighted by Crippen LogP contribution is -2.07. The molecule has 92 valence electrons. The molecular formula is C16H15BrO. The third kappa shape index (κ3) is 2.88. The molecule has 0 aromatic heterocycles. The first-order valence-corrected chi connectivity index (χ1v) is 6.67. The van der Waals surface area contributed by atoms with Crippen molar-refractivity contribution < 1.29 is 4.79 Å². The van der Waals surface area contributed by atoms with E-state index in [2.05, 4.69) is 29.8 Å². The Morgan fingerprint density at radius 2 is 1.39 bits per heavy atom. The van der Waals surface area contributed by atoms with Gasteiger partial charge in [-0.25, -0.2) is 0 Å². The summed E-state index contributed by atoms with van der Waals surface area (Å²) in [5.41, 5.74) is 2.61. The summed E-state index contributed by atoms with van der Waals surface area (Å²) >= 11 is 3.61. The summed E-state index contributed by atoms with van der Waals surface area (Å²) in [7, 11) is 0. The molecule has 0 heterocycles. The summed E-state index contributed by atoms with van der Waals surface area (Å²) in [4.78, 5) is 12.2. The second-order valence-electron chi connectivity index (χ2n) is 4.74. The molecule has 2 aromatic carbocycles. The van der Waals surface area contributed by atoms with Crippen LogP contribution in [0.15, 0.2) is 54.6 Å². The number of rotatable bonds is 3. The number of carbonyl (C=O) groups is 1. The van der Waals surface area contributed by atoms with Gasteiger partial charge in [0.15, 0.2) is 5.78 Å². The molecule has 2 heteroatoms. The normalized spacial score (nSPS) is 11.3. The fraction of sp³-hybridized carbons (Fsp3) is 0.188. The van der Waals surface area contributed by atoms with Crippen LogP contribution >= 0.6 is 15.9 Å². The van der Waals surface area contributed by atoms with Gasteiger partial charge in [-0.15, -0.1) is 0 Å². The highest BCUT2D eigenvalue weighted by atomic mass is 79.9. The molecule has 0 bridgehead atoms. The van der Waals surface area contributed by atoms with Gasteiger partial charge >= 0.3 is 0 Å². The summed E-state index contributed by atoms with van der Waals surface area (Å²) in [6, 6.07) is 17.1. The van der Waals surface area contributed by atoms with E-state index in [-0.39, 0.29) is 10.1 Å². The first-order valence-electron chi connectivity index (χ1n) is 5.88. The van der Waals surface area contributed by atoms with Gasteiger partial charge in [0, 0.05) is 15.5 Å². The van der Waals surface area contributed by atoms with Gasteiger partial charge in [0.2, 0.25) is 0 Å². The van der Waals surface area contributed by atoms with E-state index < -0.39 is 0 Å². The lowest BCUT2D eigenvalue weighted by Gasteiger charge is -2.16. The molecule has 2 aromatic rings. The second kappa shape index (κ2) is 5.07. The zero-order valence-electron chi connectivity index (χ0n) is 10.5. The summed E-state index contributed by atoms with van der Waals surface area (Å²) in [6.07, 6.45) is 0. The predicted octanol–water partition coefficient (Wildman–Crippen LogP) is 4.55. The van der Waals surface area contributed by atoms with Crippen LogP contribution in [0.3, 0.4) is 0 Å². The Morgan fingerprint density at radius 1 is 0.889 bits per heavy atom. The third-order valence-corrected chi connectivity index (χ3v) is 3.33. The van der Waals surface area contributed by atoms with E-state index in [0.29, 0.717) is 0 Å². The van der Waals surface area contributed by atoms with Gasteiger partial charge in [0.1, 0.15) is 0 Å². The van der Waals surface area contributed by atoms with Crippen LogP contribution in [-0.2, 0) is 4.32 Å². The number of carbonyl (C=O) groups excluding carboxylic acids is 1. The summed E-state index contributed by atoms with van der Waals surface area (Å²) < 4.78 is -0.0681. The van der Waals surface area contributed by atoms with Crippen molar-refractivity contribution >= 4 is 21.7 Å². The number of benzene rings is 2. The molecular weight excluding hydrogens is 288 g/mol. The van der Waals surface area contributed by atoms with Crippen molar-refractivity contribution in [2.24, 2.45) is 0 Å². The summed E-state index contributed by atoms with van der Waals surface area (Å²) in [5, 5.41) is 0. The molecule has 0 radical (unpaired) electrons. The molecule has 0 N–H and O–H groups in total. The smallest absolute Gasteiger partial charge is 0.193 e. The zero-order chi connectivity index (χ0) is 13.2. The van der Waals surface area contributed by atoms with Crippen LogP contribution in [0.4, 0.5) is 0 Å². The minimum atomic E-state index is -0.0681. The van der Waals surface area contributed by atoms with Crippen LogP contribution in [0.1, 0.15) is 35.3 Å². The monoisotopic (exact) mass is 302 g/mol. The van der Waals surface area contributed by atoms with E-state index in [1.54, 1.807) is 0 Å². The van der Waals surface area contributed by atoms with Gasteiger partial charge in [0.25, 0.3) is 0 Å². The van der Waals surface area contributed by atoms with Gasteiger partial charge in [0.05, 0.1) is 0 Å². The zero-order valence-corrected chi connectivity index (χ0v) is 12.1. The van der Waals surface area contributed by atoms with Crippen molar-refractivity contribution in [3.8, 4) is 0 Å². The van der Waals surface area contributed by atoms with Crippen LogP contribution in [0.5, 0.6) is 0 Å². The minimum absolute atomic E-state index is 0.0644. The van der Waals surface area contributed by atoms with Crippen molar-refractivity contribution in [2.45, 2.75) is 18.2 Å². The molecule has 0 spiro atoms. The van der Waals surface area contributed by atoms with Gasteiger partial charge in [-0.05, 0) is 19.4 Å². The molecule has 2 rings (SSSR count). The molecule has 0 saturated carbocycles. The van der Waals surface area contributed by atoms with Crippen LogP contribution in [0.25, 0.3) is 0 Å². The Kier molecular flexibility index (Phi) is 3.67. The molecule has 0 atom stereocenters. The van der Waals surface area contributed by atoms with Crippen molar-refractivity contribution in [1.29, 1.82) is 0 Å². The van der Waals surface area contributed by atoms with Crippen molar-refractivity contribution in [1.82, 2.24) is 0 Å². The largest absolute Gasteiger partial charge is 0.289 e. The number of halogens is 1. The van der Waals surface area contributed by atoms with Crippen molar-refractivity contribution in [3.05, 3.63) is 71.3 Å². The lowest BCUT2D eigenvalue weighted by atomic mass is 9.98. The minimum Gasteiger partial charge on any atom is -0.289 e. The van der Waals surface area contributed by atoms with E-state index in [0.717, 1.165) is 16.7 Å². The van der Waals surface area contributed by atoms with Crippen molar-refractivity contribution in [2.75, 3.05) is 0 Å². The molecule has 0 fully saturated rings. The average Bonchev–Trinajstić information content (AvgIpc) is 2.38.